The number of hydrogen-bond donors (Lipinski definition) is 1. The minimum atomic E-state index is -0.594. The van der Waals surface area contributed by atoms with Crippen molar-refractivity contribution in [3.63, 3.8) is 0 Å². The summed E-state index contributed by atoms with van der Waals surface area (Å²) < 4.78 is 0. The number of allylic oxidation sites excluding steroid dienone is 1. The number of carbonyl (C=O) groups is 1. The van der Waals surface area contributed by atoms with Crippen LogP contribution < -0.4 is 0 Å². The summed E-state index contributed by atoms with van der Waals surface area (Å²) in [6.45, 7) is 1.84. The number of nitro groups is 1. The summed E-state index contributed by atoms with van der Waals surface area (Å²) in [7, 11) is 0. The molecule has 1 aromatic carbocycles. The van der Waals surface area contributed by atoms with Gasteiger partial charge in [0.1, 0.15) is 5.76 Å². The van der Waals surface area contributed by atoms with Crippen LogP contribution >= 0.6 is 0 Å². The minimum Gasteiger partial charge on any atom is -0.507 e. The third kappa shape index (κ3) is 3.41. The molecule has 5 heteroatoms. The summed E-state index contributed by atoms with van der Waals surface area (Å²) in [5, 5.41) is 20.4. The highest BCUT2D eigenvalue weighted by atomic mass is 16.6. The van der Waals surface area contributed by atoms with Crippen molar-refractivity contribution in [1.82, 2.24) is 0 Å². The molecule has 0 radical (unpaired) electrons. The highest BCUT2D eigenvalue weighted by Gasteiger charge is 2.16. The quantitative estimate of drug-likeness (QED) is 0.368. The third-order valence-corrected chi connectivity index (χ3v) is 2.17. The molecule has 90 valence electrons. The Labute approximate surface area is 98.5 Å². The van der Waals surface area contributed by atoms with Gasteiger partial charge in [-0.05, 0) is 12.5 Å². The Kier molecular flexibility index (Phi) is 4.39. The molecule has 0 saturated carbocycles. The first-order chi connectivity index (χ1) is 8.06. The van der Waals surface area contributed by atoms with Crippen LogP contribution in [0, 0.1) is 10.1 Å². The number of aliphatic hydroxyl groups is 1. The average Bonchev–Trinajstić information content (AvgIpc) is 2.29. The monoisotopic (exact) mass is 235 g/mol. The molecule has 1 aromatic rings. The fourth-order valence-electron chi connectivity index (χ4n) is 1.40. The number of ketones is 1. The van der Waals surface area contributed by atoms with E-state index in [1.165, 1.54) is 18.2 Å². The van der Waals surface area contributed by atoms with Crippen LogP contribution in [0.15, 0.2) is 30.3 Å². The molecule has 0 aromatic heterocycles. The van der Waals surface area contributed by atoms with Gasteiger partial charge in [-0.1, -0.05) is 19.1 Å². The number of nitrogens with zero attached hydrogens (tertiary/aromatic N) is 1. The predicted octanol–water partition coefficient (Wildman–Crippen LogP) is 2.86. The van der Waals surface area contributed by atoms with Crippen LogP contribution in [0.5, 0.6) is 0 Å². The number of para-hydroxylation sites is 1. The van der Waals surface area contributed by atoms with Crippen molar-refractivity contribution in [2.75, 3.05) is 0 Å². The summed E-state index contributed by atoms with van der Waals surface area (Å²) in [5.41, 5.74) is -0.160. The van der Waals surface area contributed by atoms with E-state index in [0.29, 0.717) is 12.8 Å². The van der Waals surface area contributed by atoms with E-state index >= 15 is 0 Å². The number of benzene rings is 1. The molecule has 0 spiro atoms. The number of hydrogen-bond acceptors (Lipinski definition) is 4. The first-order valence-electron chi connectivity index (χ1n) is 5.23. The van der Waals surface area contributed by atoms with E-state index in [2.05, 4.69) is 0 Å². The van der Waals surface area contributed by atoms with Crippen LogP contribution in [0.1, 0.15) is 25.3 Å². The molecule has 0 amide bonds. The highest BCUT2D eigenvalue weighted by molar-refractivity contribution is 5.95. The molecule has 0 heterocycles. The zero-order chi connectivity index (χ0) is 12.8. The summed E-state index contributed by atoms with van der Waals surface area (Å²) in [5.74, 6) is -0.612. The molecule has 0 aliphatic carbocycles. The van der Waals surface area contributed by atoms with Gasteiger partial charge in [0.25, 0.3) is 5.69 Å². The second-order valence-corrected chi connectivity index (χ2v) is 3.52. The van der Waals surface area contributed by atoms with Crippen LogP contribution in [0.2, 0.25) is 0 Å². The Morgan fingerprint density at radius 1 is 1.47 bits per heavy atom. The minimum absolute atomic E-state index is 0.0574. The molecule has 1 N–H and O–H groups in total. The number of carbonyl (C=O) groups excluding carboxylic acids is 1. The lowest BCUT2D eigenvalue weighted by molar-refractivity contribution is -0.385. The maximum Gasteiger partial charge on any atom is 0.280 e. The van der Waals surface area contributed by atoms with E-state index in [1.54, 1.807) is 6.07 Å². The first kappa shape index (κ1) is 12.9. The first-order valence-corrected chi connectivity index (χ1v) is 5.23. The zero-order valence-electron chi connectivity index (χ0n) is 9.42. The van der Waals surface area contributed by atoms with Gasteiger partial charge in [0.05, 0.1) is 10.5 Å². The van der Waals surface area contributed by atoms with Gasteiger partial charge < -0.3 is 5.11 Å². The van der Waals surface area contributed by atoms with Crippen molar-refractivity contribution in [3.05, 3.63) is 46.0 Å². The Hall–Kier alpha value is -2.17. The third-order valence-electron chi connectivity index (χ3n) is 2.17. The summed E-state index contributed by atoms with van der Waals surface area (Å²) in [6, 6.07) is 5.76. The Morgan fingerprint density at radius 3 is 2.71 bits per heavy atom. The van der Waals surface area contributed by atoms with Gasteiger partial charge in [-0.2, -0.15) is 0 Å². The van der Waals surface area contributed by atoms with Crippen LogP contribution in [0.25, 0.3) is 5.76 Å². The van der Waals surface area contributed by atoms with E-state index in [4.69, 9.17) is 0 Å². The maximum absolute atomic E-state index is 11.3. The SMILES string of the molecule is CCCC(=O)/C=C(\O)c1ccccc1[N+](=O)[O-]. The van der Waals surface area contributed by atoms with Crippen molar-refractivity contribution in [2.45, 2.75) is 19.8 Å². The fraction of sp³-hybridized carbons (Fsp3) is 0.250. The summed E-state index contributed by atoms with van der Waals surface area (Å²) in [4.78, 5) is 21.4. The van der Waals surface area contributed by atoms with Gasteiger partial charge in [-0.15, -0.1) is 0 Å². The zero-order valence-corrected chi connectivity index (χ0v) is 9.42. The van der Waals surface area contributed by atoms with E-state index in [0.717, 1.165) is 6.08 Å². The van der Waals surface area contributed by atoms with Gasteiger partial charge in [0, 0.05) is 18.6 Å². The number of aliphatic hydroxyl groups excluding tert-OH is 1. The lowest BCUT2D eigenvalue weighted by atomic mass is 10.1. The molecule has 0 aliphatic heterocycles. The molecular weight excluding hydrogens is 222 g/mol. The van der Waals surface area contributed by atoms with Crippen LogP contribution in [0.3, 0.4) is 0 Å². The standard InChI is InChI=1S/C12H13NO4/c1-2-5-9(14)8-12(15)10-6-3-4-7-11(10)13(16)17/h3-4,6-8,15H,2,5H2,1H3/b12-8-. The second-order valence-electron chi connectivity index (χ2n) is 3.52. The van der Waals surface area contributed by atoms with E-state index in [-0.39, 0.29) is 22.8 Å². The lowest BCUT2D eigenvalue weighted by Crippen LogP contribution is -1.97. The van der Waals surface area contributed by atoms with Gasteiger partial charge in [0.2, 0.25) is 0 Å². The van der Waals surface area contributed by atoms with Crippen molar-refractivity contribution in [3.8, 4) is 0 Å². The second kappa shape index (κ2) is 5.79. The van der Waals surface area contributed by atoms with Gasteiger partial charge in [0.15, 0.2) is 5.78 Å². The molecule has 0 saturated heterocycles. The molecule has 0 bridgehead atoms. The van der Waals surface area contributed by atoms with Crippen molar-refractivity contribution < 1.29 is 14.8 Å². The number of nitro benzene ring substituents is 1. The topological polar surface area (TPSA) is 80.4 Å². The van der Waals surface area contributed by atoms with Crippen molar-refractivity contribution in [1.29, 1.82) is 0 Å². The molecule has 0 fully saturated rings. The molecule has 17 heavy (non-hydrogen) atoms. The van der Waals surface area contributed by atoms with Crippen LogP contribution in [-0.4, -0.2) is 15.8 Å². The van der Waals surface area contributed by atoms with Crippen molar-refractivity contribution >= 4 is 17.2 Å². The van der Waals surface area contributed by atoms with Crippen LogP contribution in [0.4, 0.5) is 5.69 Å². The molecule has 5 nitrogen and oxygen atoms in total. The van der Waals surface area contributed by atoms with Gasteiger partial charge in [-0.3, -0.25) is 14.9 Å². The highest BCUT2D eigenvalue weighted by Crippen LogP contribution is 2.23. The molecule has 0 atom stereocenters. The van der Waals surface area contributed by atoms with E-state index in [9.17, 15) is 20.0 Å². The number of rotatable bonds is 5. The summed E-state index contributed by atoms with van der Waals surface area (Å²) >= 11 is 0. The van der Waals surface area contributed by atoms with Gasteiger partial charge in [-0.25, -0.2) is 0 Å². The molecule has 0 unspecified atom stereocenters. The Bertz CT molecular complexity index is 465. The molecule has 1 rings (SSSR count). The van der Waals surface area contributed by atoms with Crippen molar-refractivity contribution in [2.24, 2.45) is 0 Å². The van der Waals surface area contributed by atoms with E-state index < -0.39 is 4.92 Å². The fourth-order valence-corrected chi connectivity index (χ4v) is 1.40. The predicted molar refractivity (Wildman–Crippen MR) is 63.6 cm³/mol. The average molecular weight is 235 g/mol. The largest absolute Gasteiger partial charge is 0.507 e. The molecular formula is C12H13NO4. The normalized spacial score (nSPS) is 11.2. The Balaban J connectivity index is 3.07. The summed E-state index contributed by atoms with van der Waals surface area (Å²) in [6.07, 6.45) is 2.01. The lowest BCUT2D eigenvalue weighted by Gasteiger charge is -2.01. The smallest absolute Gasteiger partial charge is 0.280 e. The maximum atomic E-state index is 11.3. The molecule has 0 aliphatic rings. The van der Waals surface area contributed by atoms with Gasteiger partial charge >= 0.3 is 0 Å². The Morgan fingerprint density at radius 2 is 2.12 bits per heavy atom. The van der Waals surface area contributed by atoms with E-state index in [1.807, 2.05) is 6.92 Å². The van der Waals surface area contributed by atoms with Crippen LogP contribution in [-0.2, 0) is 4.79 Å².